The number of carbonyl (C=O) groups excluding carboxylic acids is 2. The third kappa shape index (κ3) is 3.11. The highest BCUT2D eigenvalue weighted by Crippen LogP contribution is 2.28. The summed E-state index contributed by atoms with van der Waals surface area (Å²) < 4.78 is 6.47. The summed E-state index contributed by atoms with van der Waals surface area (Å²) in [6.07, 6.45) is 2.09. The topological polar surface area (TPSA) is 86.1 Å². The van der Waals surface area contributed by atoms with Crippen LogP contribution in [-0.4, -0.2) is 34.1 Å². The molecule has 0 saturated heterocycles. The van der Waals surface area contributed by atoms with Gasteiger partial charge in [0.1, 0.15) is 6.33 Å². The molecular weight excluding hydrogens is 292 g/mol. The van der Waals surface area contributed by atoms with E-state index < -0.39 is 0 Å². The number of aryl methyl sites for hydroxylation is 1. The Hall–Kier alpha value is -2.19. The monoisotopic (exact) mass is 306 g/mol. The fourth-order valence-electron chi connectivity index (χ4n) is 1.82. The molecule has 1 aromatic heterocycles. The molecule has 110 valence electrons. The van der Waals surface area contributed by atoms with E-state index in [-0.39, 0.29) is 5.91 Å². The van der Waals surface area contributed by atoms with Gasteiger partial charge in [-0.25, -0.2) is 4.68 Å². The number of anilines is 1. The van der Waals surface area contributed by atoms with Gasteiger partial charge < -0.3 is 4.18 Å². The SMILES string of the molecule is COSc1c(C=O)ccc(C(=O)Nc2ncnn2C)c1C. The summed E-state index contributed by atoms with van der Waals surface area (Å²) in [5.41, 5.74) is 1.60. The lowest BCUT2D eigenvalue weighted by Gasteiger charge is -2.12. The van der Waals surface area contributed by atoms with E-state index in [1.54, 1.807) is 26.1 Å². The molecule has 7 nitrogen and oxygen atoms in total. The zero-order chi connectivity index (χ0) is 15.4. The van der Waals surface area contributed by atoms with E-state index in [1.807, 2.05) is 0 Å². The van der Waals surface area contributed by atoms with Gasteiger partial charge in [0.25, 0.3) is 5.91 Å². The van der Waals surface area contributed by atoms with Gasteiger partial charge in [-0.15, -0.1) is 0 Å². The van der Waals surface area contributed by atoms with E-state index in [1.165, 1.54) is 18.1 Å². The van der Waals surface area contributed by atoms with Gasteiger partial charge in [0, 0.05) is 35.1 Å². The third-order valence-corrected chi connectivity index (χ3v) is 3.79. The minimum absolute atomic E-state index is 0.320. The molecule has 0 unspecified atom stereocenters. The van der Waals surface area contributed by atoms with Gasteiger partial charge in [0.2, 0.25) is 5.95 Å². The first-order valence-corrected chi connectivity index (χ1v) is 6.77. The van der Waals surface area contributed by atoms with Crippen molar-refractivity contribution in [3.8, 4) is 0 Å². The number of benzene rings is 1. The summed E-state index contributed by atoms with van der Waals surface area (Å²) in [6.45, 7) is 1.76. The van der Waals surface area contributed by atoms with Crippen LogP contribution in [0, 0.1) is 6.92 Å². The Bertz CT molecular complexity index is 684. The van der Waals surface area contributed by atoms with Crippen molar-refractivity contribution in [3.05, 3.63) is 35.2 Å². The standard InChI is InChI=1S/C13H14N4O3S/c1-8-10(5-4-9(6-18)11(8)21-20-3)12(19)16-13-14-7-15-17(13)2/h4-7H,1-3H3,(H,14,15,16,19). The molecule has 0 saturated carbocycles. The summed E-state index contributed by atoms with van der Waals surface area (Å²) in [4.78, 5) is 27.9. The summed E-state index contributed by atoms with van der Waals surface area (Å²) >= 11 is 1.05. The van der Waals surface area contributed by atoms with Crippen LogP contribution >= 0.6 is 12.0 Å². The fraction of sp³-hybridized carbons (Fsp3) is 0.231. The van der Waals surface area contributed by atoms with Crippen LogP contribution in [0.5, 0.6) is 0 Å². The van der Waals surface area contributed by atoms with Crippen LogP contribution in [0.25, 0.3) is 0 Å². The van der Waals surface area contributed by atoms with E-state index in [4.69, 9.17) is 4.18 Å². The predicted molar refractivity (Wildman–Crippen MR) is 78.4 cm³/mol. The van der Waals surface area contributed by atoms with Crippen molar-refractivity contribution in [2.45, 2.75) is 11.8 Å². The lowest BCUT2D eigenvalue weighted by Crippen LogP contribution is -2.17. The molecule has 0 bridgehead atoms. The van der Waals surface area contributed by atoms with Crippen LogP contribution in [0.1, 0.15) is 26.3 Å². The van der Waals surface area contributed by atoms with Gasteiger partial charge in [0.15, 0.2) is 6.29 Å². The molecule has 0 fully saturated rings. The molecule has 0 aliphatic rings. The number of carbonyl (C=O) groups is 2. The van der Waals surface area contributed by atoms with Crippen molar-refractivity contribution in [1.29, 1.82) is 0 Å². The van der Waals surface area contributed by atoms with E-state index in [0.717, 1.165) is 18.3 Å². The Labute approximate surface area is 125 Å². The second-order valence-electron chi connectivity index (χ2n) is 4.19. The minimum atomic E-state index is -0.320. The van der Waals surface area contributed by atoms with E-state index in [0.29, 0.717) is 27.5 Å². The number of aromatic nitrogens is 3. The summed E-state index contributed by atoms with van der Waals surface area (Å²) in [5, 5.41) is 6.55. The van der Waals surface area contributed by atoms with Crippen LogP contribution in [0.2, 0.25) is 0 Å². The molecule has 2 aromatic rings. The van der Waals surface area contributed by atoms with E-state index >= 15 is 0 Å². The second-order valence-corrected chi connectivity index (χ2v) is 5.09. The first-order valence-electron chi connectivity index (χ1n) is 6.03. The largest absolute Gasteiger partial charge is 0.314 e. The first-order chi connectivity index (χ1) is 10.1. The van der Waals surface area contributed by atoms with Crippen molar-refractivity contribution < 1.29 is 13.8 Å². The number of nitrogens with zero attached hydrogens (tertiary/aromatic N) is 3. The van der Waals surface area contributed by atoms with Crippen molar-refractivity contribution in [3.63, 3.8) is 0 Å². The maximum absolute atomic E-state index is 12.3. The number of rotatable bonds is 5. The summed E-state index contributed by atoms with van der Waals surface area (Å²) in [6, 6.07) is 3.19. The van der Waals surface area contributed by atoms with Crippen LogP contribution in [0.3, 0.4) is 0 Å². The first kappa shape index (κ1) is 15.2. The van der Waals surface area contributed by atoms with Crippen molar-refractivity contribution in [2.75, 3.05) is 12.4 Å². The smallest absolute Gasteiger partial charge is 0.258 e. The zero-order valence-corrected chi connectivity index (χ0v) is 12.6. The number of aldehydes is 1. The molecule has 0 aliphatic heterocycles. The lowest BCUT2D eigenvalue weighted by molar-refractivity contribution is 0.102. The van der Waals surface area contributed by atoms with Crippen molar-refractivity contribution in [2.24, 2.45) is 7.05 Å². The summed E-state index contributed by atoms with van der Waals surface area (Å²) in [5.74, 6) is 0.0267. The minimum Gasteiger partial charge on any atom is -0.314 e. The number of amides is 1. The molecule has 1 heterocycles. The predicted octanol–water partition coefficient (Wildman–Crippen LogP) is 1.84. The molecule has 1 aromatic carbocycles. The molecular formula is C13H14N4O3S. The molecule has 1 N–H and O–H groups in total. The van der Waals surface area contributed by atoms with Gasteiger partial charge in [-0.3, -0.25) is 14.9 Å². The number of nitrogens with one attached hydrogen (secondary N) is 1. The normalized spacial score (nSPS) is 10.4. The van der Waals surface area contributed by atoms with Crippen LogP contribution < -0.4 is 5.32 Å². The van der Waals surface area contributed by atoms with E-state index in [9.17, 15) is 9.59 Å². The highest BCUT2D eigenvalue weighted by molar-refractivity contribution is 7.94. The molecule has 0 radical (unpaired) electrons. The second kappa shape index (κ2) is 6.51. The average Bonchev–Trinajstić information content (AvgIpc) is 2.86. The molecule has 0 aliphatic carbocycles. The highest BCUT2D eigenvalue weighted by Gasteiger charge is 2.17. The Morgan fingerprint density at radius 3 is 2.81 bits per heavy atom. The molecule has 0 atom stereocenters. The third-order valence-electron chi connectivity index (χ3n) is 2.91. The maximum atomic E-state index is 12.3. The average molecular weight is 306 g/mol. The Morgan fingerprint density at radius 2 is 2.24 bits per heavy atom. The maximum Gasteiger partial charge on any atom is 0.258 e. The Kier molecular flexibility index (Phi) is 4.71. The molecule has 8 heteroatoms. The molecule has 1 amide bonds. The van der Waals surface area contributed by atoms with Crippen molar-refractivity contribution in [1.82, 2.24) is 14.8 Å². The van der Waals surface area contributed by atoms with Crippen LogP contribution in [0.15, 0.2) is 23.4 Å². The Morgan fingerprint density at radius 1 is 1.48 bits per heavy atom. The number of hydrogen-bond donors (Lipinski definition) is 1. The quantitative estimate of drug-likeness (QED) is 0.670. The van der Waals surface area contributed by atoms with Gasteiger partial charge in [-0.2, -0.15) is 10.1 Å². The highest BCUT2D eigenvalue weighted by atomic mass is 32.2. The lowest BCUT2D eigenvalue weighted by atomic mass is 10.0. The Balaban J connectivity index is 2.35. The summed E-state index contributed by atoms with van der Waals surface area (Å²) in [7, 11) is 3.18. The van der Waals surface area contributed by atoms with Gasteiger partial charge >= 0.3 is 0 Å². The van der Waals surface area contributed by atoms with E-state index in [2.05, 4.69) is 15.4 Å². The van der Waals surface area contributed by atoms with Gasteiger partial charge in [0.05, 0.1) is 7.11 Å². The zero-order valence-electron chi connectivity index (χ0n) is 11.8. The molecule has 0 spiro atoms. The fourth-order valence-corrected chi connectivity index (χ4v) is 2.44. The molecule has 21 heavy (non-hydrogen) atoms. The van der Waals surface area contributed by atoms with Gasteiger partial charge in [-0.1, -0.05) is 0 Å². The van der Waals surface area contributed by atoms with Gasteiger partial charge in [-0.05, 0) is 24.6 Å². The number of hydrogen-bond acceptors (Lipinski definition) is 6. The van der Waals surface area contributed by atoms with Crippen LogP contribution in [-0.2, 0) is 11.2 Å². The van der Waals surface area contributed by atoms with Crippen molar-refractivity contribution >= 4 is 30.2 Å². The molecule has 2 rings (SSSR count). The van der Waals surface area contributed by atoms with Crippen LogP contribution in [0.4, 0.5) is 5.95 Å².